The Labute approximate surface area is 218 Å². The summed E-state index contributed by atoms with van der Waals surface area (Å²) in [5, 5.41) is 3.98. The summed E-state index contributed by atoms with van der Waals surface area (Å²) in [6.45, 7) is 4.26. The maximum absolute atomic E-state index is 13.8. The highest BCUT2D eigenvalue weighted by Crippen LogP contribution is 2.39. The second kappa shape index (κ2) is 12.1. The van der Waals surface area contributed by atoms with E-state index in [-0.39, 0.29) is 11.8 Å². The second-order valence-electron chi connectivity index (χ2n) is 9.51. The summed E-state index contributed by atoms with van der Waals surface area (Å²) in [6.07, 6.45) is 1.61. The Kier molecular flexibility index (Phi) is 8.85. The van der Waals surface area contributed by atoms with Crippen LogP contribution < -0.4 is 16.0 Å². The van der Waals surface area contributed by atoms with Gasteiger partial charge < -0.3 is 30.5 Å². The predicted octanol–water partition coefficient (Wildman–Crippen LogP) is 2.11. The van der Waals surface area contributed by atoms with Crippen molar-refractivity contribution >= 4 is 29.1 Å². The molecule has 0 saturated carbocycles. The summed E-state index contributed by atoms with van der Waals surface area (Å²) in [5.74, 6) is 0.0631. The zero-order valence-corrected chi connectivity index (χ0v) is 21.6. The molecule has 36 heavy (non-hydrogen) atoms. The van der Waals surface area contributed by atoms with Crippen LogP contribution in [0.15, 0.2) is 54.6 Å². The highest BCUT2D eigenvalue weighted by Gasteiger charge is 2.54. The molecule has 0 bridgehead atoms. The number of carbonyl (C=O) groups is 2. The summed E-state index contributed by atoms with van der Waals surface area (Å²) in [5.41, 5.74) is 7.65. The largest absolute Gasteiger partial charge is 0.383 e. The first-order chi connectivity index (χ1) is 17.4. The third-order valence-corrected chi connectivity index (χ3v) is 7.46. The van der Waals surface area contributed by atoms with E-state index in [1.54, 1.807) is 7.11 Å². The van der Waals surface area contributed by atoms with Crippen molar-refractivity contribution in [3.63, 3.8) is 0 Å². The molecule has 0 radical (unpaired) electrons. The van der Waals surface area contributed by atoms with E-state index in [0.717, 1.165) is 17.8 Å². The number of halogens is 1. The Morgan fingerprint density at radius 1 is 1.11 bits per heavy atom. The van der Waals surface area contributed by atoms with Crippen LogP contribution in [-0.4, -0.2) is 86.3 Å². The van der Waals surface area contributed by atoms with E-state index in [0.29, 0.717) is 63.7 Å². The summed E-state index contributed by atoms with van der Waals surface area (Å²) < 4.78 is 5.09. The highest BCUT2D eigenvalue weighted by atomic mass is 35.5. The molecule has 1 atom stereocenters. The Hall–Kier alpha value is -2.65. The van der Waals surface area contributed by atoms with Gasteiger partial charge in [-0.05, 0) is 49.1 Å². The van der Waals surface area contributed by atoms with Crippen LogP contribution in [0, 0.1) is 0 Å². The van der Waals surface area contributed by atoms with Gasteiger partial charge in [0.15, 0.2) is 0 Å². The Morgan fingerprint density at radius 3 is 2.47 bits per heavy atom. The zero-order chi connectivity index (χ0) is 25.5. The van der Waals surface area contributed by atoms with Crippen molar-refractivity contribution in [3.05, 3.63) is 65.2 Å². The van der Waals surface area contributed by atoms with Gasteiger partial charge in [0.2, 0.25) is 11.8 Å². The standard InChI is InChI=1S/C27H36ClN5O3/c1-36-18-14-30-13-17-32-20-33(23-5-3-2-4-6-23)27(26(32)35)11-15-31(16-12-27)25(34)24(29)19-21-7-9-22(28)10-8-21/h2-10,24,30H,11-20,29H2,1H3/t24-/m1/s1. The number of benzene rings is 2. The van der Waals surface area contributed by atoms with Gasteiger partial charge in [0, 0.05) is 50.5 Å². The first-order valence-electron chi connectivity index (χ1n) is 12.5. The molecule has 0 unspecified atom stereocenters. The molecule has 0 aliphatic carbocycles. The lowest BCUT2D eigenvalue weighted by Crippen LogP contribution is -2.59. The SMILES string of the molecule is COCCNCCN1CN(c2ccccc2)C2(CCN(C(=O)[C@H](N)Cc3ccc(Cl)cc3)CC2)C1=O. The van der Waals surface area contributed by atoms with Gasteiger partial charge in [-0.2, -0.15) is 0 Å². The number of amides is 2. The van der Waals surface area contributed by atoms with Crippen molar-refractivity contribution in [3.8, 4) is 0 Å². The molecule has 8 nitrogen and oxygen atoms in total. The third kappa shape index (κ3) is 5.83. The fourth-order valence-electron chi connectivity index (χ4n) is 5.18. The van der Waals surface area contributed by atoms with E-state index >= 15 is 0 Å². The van der Waals surface area contributed by atoms with Gasteiger partial charge >= 0.3 is 0 Å². The summed E-state index contributed by atoms with van der Waals surface area (Å²) in [6, 6.07) is 16.9. The molecular weight excluding hydrogens is 478 g/mol. The zero-order valence-electron chi connectivity index (χ0n) is 20.9. The van der Waals surface area contributed by atoms with Gasteiger partial charge in [-0.3, -0.25) is 9.59 Å². The molecule has 4 rings (SSSR count). The lowest BCUT2D eigenvalue weighted by Gasteiger charge is -2.43. The summed E-state index contributed by atoms with van der Waals surface area (Å²) in [4.78, 5) is 32.9. The maximum atomic E-state index is 13.8. The number of carbonyl (C=O) groups excluding carboxylic acids is 2. The Morgan fingerprint density at radius 2 is 1.81 bits per heavy atom. The number of anilines is 1. The highest BCUT2D eigenvalue weighted by molar-refractivity contribution is 6.30. The van der Waals surface area contributed by atoms with Crippen LogP contribution in [0.2, 0.25) is 5.02 Å². The first-order valence-corrected chi connectivity index (χ1v) is 12.9. The number of ether oxygens (including phenoxy) is 1. The topological polar surface area (TPSA) is 91.1 Å². The molecule has 3 N–H and O–H groups in total. The quantitative estimate of drug-likeness (QED) is 0.473. The average Bonchev–Trinajstić information content (AvgIpc) is 3.16. The minimum Gasteiger partial charge on any atom is -0.383 e. The maximum Gasteiger partial charge on any atom is 0.250 e. The third-order valence-electron chi connectivity index (χ3n) is 7.21. The first kappa shape index (κ1) is 26.4. The van der Waals surface area contributed by atoms with Crippen molar-refractivity contribution in [2.45, 2.75) is 30.8 Å². The fraction of sp³-hybridized carbons (Fsp3) is 0.481. The molecule has 2 heterocycles. The molecule has 9 heteroatoms. The number of hydrogen-bond donors (Lipinski definition) is 2. The van der Waals surface area contributed by atoms with Gasteiger partial charge in [-0.1, -0.05) is 41.9 Å². The Balaban J connectivity index is 1.42. The molecule has 194 valence electrons. The molecule has 2 aromatic rings. The van der Waals surface area contributed by atoms with Crippen molar-refractivity contribution in [2.75, 3.05) is 58.0 Å². The number of likely N-dealkylation sites (tertiary alicyclic amines) is 1. The van der Waals surface area contributed by atoms with Crippen LogP contribution in [0.1, 0.15) is 18.4 Å². The van der Waals surface area contributed by atoms with Crippen LogP contribution in [0.4, 0.5) is 5.69 Å². The summed E-state index contributed by atoms with van der Waals surface area (Å²) in [7, 11) is 1.68. The number of para-hydroxylation sites is 1. The minimum absolute atomic E-state index is 0.0734. The molecule has 2 saturated heterocycles. The molecule has 2 amide bonds. The van der Waals surface area contributed by atoms with E-state index in [1.807, 2.05) is 52.3 Å². The smallest absolute Gasteiger partial charge is 0.250 e. The van der Waals surface area contributed by atoms with Gasteiger partial charge in [-0.15, -0.1) is 0 Å². The van der Waals surface area contributed by atoms with Crippen molar-refractivity contribution in [1.29, 1.82) is 0 Å². The number of nitrogens with one attached hydrogen (secondary N) is 1. The average molecular weight is 514 g/mol. The van der Waals surface area contributed by atoms with Crippen molar-refractivity contribution in [1.82, 2.24) is 15.1 Å². The molecule has 0 aromatic heterocycles. The number of rotatable bonds is 10. The Bertz CT molecular complexity index is 1010. The number of nitrogens with two attached hydrogens (primary N) is 1. The van der Waals surface area contributed by atoms with E-state index in [1.165, 1.54) is 0 Å². The fourth-order valence-corrected chi connectivity index (χ4v) is 5.31. The predicted molar refractivity (Wildman–Crippen MR) is 142 cm³/mol. The van der Waals surface area contributed by atoms with Crippen LogP contribution in [0.25, 0.3) is 0 Å². The van der Waals surface area contributed by atoms with Crippen LogP contribution in [0.5, 0.6) is 0 Å². The summed E-state index contributed by atoms with van der Waals surface area (Å²) >= 11 is 5.97. The molecule has 2 fully saturated rings. The molecule has 2 aliphatic heterocycles. The van der Waals surface area contributed by atoms with E-state index < -0.39 is 11.6 Å². The molecule has 2 aromatic carbocycles. The lowest BCUT2D eigenvalue weighted by molar-refractivity contribution is -0.139. The van der Waals surface area contributed by atoms with Gasteiger partial charge in [-0.25, -0.2) is 0 Å². The van der Waals surface area contributed by atoms with Crippen LogP contribution in [0.3, 0.4) is 0 Å². The second-order valence-corrected chi connectivity index (χ2v) is 9.95. The van der Waals surface area contributed by atoms with E-state index in [9.17, 15) is 9.59 Å². The van der Waals surface area contributed by atoms with Gasteiger partial charge in [0.1, 0.15) is 5.54 Å². The van der Waals surface area contributed by atoms with E-state index in [4.69, 9.17) is 22.1 Å². The van der Waals surface area contributed by atoms with Gasteiger partial charge in [0.05, 0.1) is 19.3 Å². The minimum atomic E-state index is -0.648. The van der Waals surface area contributed by atoms with Crippen molar-refractivity contribution < 1.29 is 14.3 Å². The number of nitrogens with zero attached hydrogens (tertiary/aromatic N) is 3. The number of hydrogen-bond acceptors (Lipinski definition) is 6. The van der Waals surface area contributed by atoms with Crippen molar-refractivity contribution in [2.24, 2.45) is 5.73 Å². The molecular formula is C27H36ClN5O3. The lowest BCUT2D eigenvalue weighted by atomic mass is 9.85. The monoisotopic (exact) mass is 513 g/mol. The molecule has 1 spiro atoms. The number of methoxy groups -OCH3 is 1. The number of piperidine rings is 1. The normalized spacial score (nSPS) is 18.2. The molecule has 2 aliphatic rings. The van der Waals surface area contributed by atoms with E-state index in [2.05, 4.69) is 22.3 Å². The van der Waals surface area contributed by atoms with Gasteiger partial charge in [0.25, 0.3) is 0 Å². The van der Waals surface area contributed by atoms with Crippen LogP contribution in [-0.2, 0) is 20.7 Å². The van der Waals surface area contributed by atoms with Crippen LogP contribution >= 0.6 is 11.6 Å².